The summed E-state index contributed by atoms with van der Waals surface area (Å²) in [5.74, 6) is 0.240. The van der Waals surface area contributed by atoms with Crippen LogP contribution in [0.25, 0.3) is 0 Å². The quantitative estimate of drug-likeness (QED) is 0.640. The van der Waals surface area contributed by atoms with Gasteiger partial charge in [-0.1, -0.05) is 6.42 Å². The Balaban J connectivity index is 1.43. The lowest BCUT2D eigenvalue weighted by Crippen LogP contribution is -2.51. The minimum absolute atomic E-state index is 0.00386. The van der Waals surface area contributed by atoms with Gasteiger partial charge in [-0.15, -0.1) is 0 Å². The molecule has 0 unspecified atom stereocenters. The van der Waals surface area contributed by atoms with Crippen LogP contribution in [0.2, 0.25) is 0 Å². The Hall–Kier alpha value is -2.03. The van der Waals surface area contributed by atoms with Crippen molar-refractivity contribution < 1.29 is 18.7 Å². The van der Waals surface area contributed by atoms with E-state index in [1.165, 1.54) is 49.1 Å². The van der Waals surface area contributed by atoms with Crippen LogP contribution in [0, 0.1) is 17.7 Å². The molecule has 7 nitrogen and oxygen atoms in total. The van der Waals surface area contributed by atoms with E-state index in [1.807, 2.05) is 0 Å². The zero-order chi connectivity index (χ0) is 21.1. The maximum Gasteiger partial charge on any atom is 0.253 e. The number of carbonyl (C=O) groups excluding carboxylic acids is 2. The van der Waals surface area contributed by atoms with E-state index in [-0.39, 0.29) is 30.7 Å². The third-order valence-electron chi connectivity index (χ3n) is 6.38. The molecule has 8 heteroatoms. The Bertz CT molecular complexity index is 782. The molecule has 1 aromatic carbocycles. The molecule has 3 fully saturated rings. The molecular formula is C22H31FN4O3. The average molecular weight is 419 g/mol. The number of rotatable bonds is 9. The molecule has 0 radical (unpaired) electrons. The van der Waals surface area contributed by atoms with Crippen molar-refractivity contribution in [3.63, 3.8) is 0 Å². The first kappa shape index (κ1) is 21.2. The Kier molecular flexibility index (Phi) is 6.65. The molecule has 1 aromatic rings. The highest BCUT2D eigenvalue weighted by molar-refractivity contribution is 5.97. The summed E-state index contributed by atoms with van der Waals surface area (Å²) in [4.78, 5) is 28.7. The number of hydrogen-bond donors (Lipinski definition) is 2. The lowest BCUT2D eigenvalue weighted by Gasteiger charge is -2.36. The molecular weight excluding hydrogens is 387 g/mol. The van der Waals surface area contributed by atoms with Gasteiger partial charge in [-0.3, -0.25) is 14.5 Å². The number of ether oxygens (including phenoxy) is 1. The lowest BCUT2D eigenvalue weighted by molar-refractivity contribution is -0.125. The fourth-order valence-electron chi connectivity index (χ4n) is 4.17. The van der Waals surface area contributed by atoms with Crippen LogP contribution in [0.5, 0.6) is 0 Å². The van der Waals surface area contributed by atoms with Gasteiger partial charge in [-0.25, -0.2) is 4.39 Å². The smallest absolute Gasteiger partial charge is 0.253 e. The number of nitrogens with zero attached hydrogens (tertiary/aromatic N) is 2. The van der Waals surface area contributed by atoms with E-state index in [4.69, 9.17) is 10.5 Å². The molecule has 1 saturated heterocycles. The monoisotopic (exact) mass is 418 g/mol. The molecule has 1 heterocycles. The lowest BCUT2D eigenvalue weighted by atomic mass is 9.84. The summed E-state index contributed by atoms with van der Waals surface area (Å²) < 4.78 is 19.8. The van der Waals surface area contributed by atoms with Crippen LogP contribution in [0.15, 0.2) is 18.2 Å². The summed E-state index contributed by atoms with van der Waals surface area (Å²) in [7, 11) is 0. The standard InChI is InChI=1S/C22H31FN4O3/c23-18-10-17(27-8-9-30-14-21(27)28)6-7-19(18)25-22(29)20(11-24)26(13-16-4-5-16)12-15-2-1-3-15/h6-7,10,15-16,20H,1-5,8-9,11-14,24H2,(H,25,29)/t20-/m0/s1. The third-order valence-corrected chi connectivity index (χ3v) is 6.38. The number of hydrogen-bond acceptors (Lipinski definition) is 5. The molecule has 30 heavy (non-hydrogen) atoms. The predicted octanol–water partition coefficient (Wildman–Crippen LogP) is 1.97. The number of amides is 2. The maximum atomic E-state index is 14.7. The van der Waals surface area contributed by atoms with Crippen LogP contribution >= 0.6 is 0 Å². The normalized spacial score (nSPS) is 20.9. The van der Waals surface area contributed by atoms with Crippen LogP contribution in [0.1, 0.15) is 32.1 Å². The number of carbonyl (C=O) groups is 2. The van der Waals surface area contributed by atoms with Gasteiger partial charge in [0.2, 0.25) is 5.91 Å². The first-order valence-corrected chi connectivity index (χ1v) is 11.0. The Morgan fingerprint density at radius 2 is 2.00 bits per heavy atom. The van der Waals surface area contributed by atoms with Gasteiger partial charge < -0.3 is 20.7 Å². The largest absolute Gasteiger partial charge is 0.370 e. The van der Waals surface area contributed by atoms with Crippen LogP contribution < -0.4 is 16.0 Å². The van der Waals surface area contributed by atoms with Crippen molar-refractivity contribution >= 4 is 23.2 Å². The average Bonchev–Trinajstić information content (AvgIpc) is 3.51. The summed E-state index contributed by atoms with van der Waals surface area (Å²) in [6, 6.07) is 3.98. The zero-order valence-corrected chi connectivity index (χ0v) is 17.3. The molecule has 2 amide bonds. The summed E-state index contributed by atoms with van der Waals surface area (Å²) in [5.41, 5.74) is 6.56. The van der Waals surface area contributed by atoms with Crippen molar-refractivity contribution in [2.24, 2.45) is 17.6 Å². The van der Waals surface area contributed by atoms with E-state index < -0.39 is 11.9 Å². The zero-order valence-electron chi connectivity index (χ0n) is 17.3. The molecule has 4 rings (SSSR count). The number of nitrogens with one attached hydrogen (secondary N) is 1. The van der Waals surface area contributed by atoms with Gasteiger partial charge in [0.25, 0.3) is 5.91 Å². The summed E-state index contributed by atoms with van der Waals surface area (Å²) in [5, 5.41) is 2.72. The van der Waals surface area contributed by atoms with Gasteiger partial charge in [0.15, 0.2) is 0 Å². The van der Waals surface area contributed by atoms with E-state index in [2.05, 4.69) is 10.2 Å². The van der Waals surface area contributed by atoms with Gasteiger partial charge in [-0.2, -0.15) is 0 Å². The van der Waals surface area contributed by atoms with Crippen molar-refractivity contribution in [1.29, 1.82) is 0 Å². The van der Waals surface area contributed by atoms with E-state index in [0.717, 1.165) is 13.1 Å². The summed E-state index contributed by atoms with van der Waals surface area (Å²) >= 11 is 0. The van der Waals surface area contributed by atoms with Crippen molar-refractivity contribution in [3.8, 4) is 0 Å². The third kappa shape index (κ3) is 4.99. The first-order chi connectivity index (χ1) is 14.5. The maximum absolute atomic E-state index is 14.7. The molecule has 2 aliphatic carbocycles. The van der Waals surface area contributed by atoms with Crippen molar-refractivity contribution in [2.45, 2.75) is 38.1 Å². The Labute approximate surface area is 176 Å². The fraction of sp³-hybridized carbons (Fsp3) is 0.636. The van der Waals surface area contributed by atoms with E-state index >= 15 is 0 Å². The second-order valence-electron chi connectivity index (χ2n) is 8.70. The van der Waals surface area contributed by atoms with Crippen LogP contribution in [0.4, 0.5) is 15.8 Å². The van der Waals surface area contributed by atoms with Crippen LogP contribution in [0.3, 0.4) is 0 Å². The molecule has 1 aliphatic heterocycles. The first-order valence-electron chi connectivity index (χ1n) is 11.0. The molecule has 164 valence electrons. The van der Waals surface area contributed by atoms with Gasteiger partial charge in [0.05, 0.1) is 12.3 Å². The number of nitrogens with two attached hydrogens (primary N) is 1. The molecule has 3 aliphatic rings. The number of halogens is 1. The minimum atomic E-state index is -0.566. The highest BCUT2D eigenvalue weighted by Crippen LogP contribution is 2.33. The number of anilines is 2. The fourth-order valence-corrected chi connectivity index (χ4v) is 4.17. The Morgan fingerprint density at radius 3 is 2.57 bits per heavy atom. The molecule has 1 atom stereocenters. The topological polar surface area (TPSA) is 87.9 Å². The molecule has 3 N–H and O–H groups in total. The van der Waals surface area contributed by atoms with Crippen molar-refractivity contribution in [1.82, 2.24) is 4.90 Å². The summed E-state index contributed by atoms with van der Waals surface area (Å²) in [6.07, 6.45) is 6.07. The second kappa shape index (κ2) is 9.41. The second-order valence-corrected chi connectivity index (χ2v) is 8.70. The molecule has 0 bridgehead atoms. The summed E-state index contributed by atoms with van der Waals surface area (Å²) in [6.45, 7) is 2.76. The van der Waals surface area contributed by atoms with E-state index in [1.54, 1.807) is 6.07 Å². The number of benzene rings is 1. The van der Waals surface area contributed by atoms with E-state index in [9.17, 15) is 14.0 Å². The van der Waals surface area contributed by atoms with Crippen LogP contribution in [-0.2, 0) is 14.3 Å². The highest BCUT2D eigenvalue weighted by atomic mass is 19.1. The predicted molar refractivity (Wildman–Crippen MR) is 113 cm³/mol. The number of morpholine rings is 1. The van der Waals surface area contributed by atoms with Gasteiger partial charge in [0, 0.05) is 31.9 Å². The van der Waals surface area contributed by atoms with E-state index in [0.29, 0.717) is 30.7 Å². The molecule has 0 spiro atoms. The van der Waals surface area contributed by atoms with Crippen molar-refractivity contribution in [3.05, 3.63) is 24.0 Å². The van der Waals surface area contributed by atoms with Gasteiger partial charge >= 0.3 is 0 Å². The van der Waals surface area contributed by atoms with Gasteiger partial charge in [0.1, 0.15) is 18.5 Å². The molecule has 0 aromatic heterocycles. The van der Waals surface area contributed by atoms with Crippen molar-refractivity contribution in [2.75, 3.05) is 49.6 Å². The van der Waals surface area contributed by atoms with Gasteiger partial charge in [-0.05, 0) is 55.7 Å². The Morgan fingerprint density at radius 1 is 1.27 bits per heavy atom. The highest BCUT2D eigenvalue weighted by Gasteiger charge is 2.34. The molecule has 2 saturated carbocycles. The van der Waals surface area contributed by atoms with Crippen LogP contribution in [-0.4, -0.2) is 62.1 Å². The SMILES string of the molecule is NC[C@@H](C(=O)Nc1ccc(N2CCOCC2=O)cc1F)N(CC1CCC1)CC1CC1. The minimum Gasteiger partial charge on any atom is -0.370 e.